The molecule has 1 aromatic carbocycles. The molecule has 1 aliphatic carbocycles. The molecule has 0 fully saturated rings. The molecule has 0 aliphatic heterocycles. The second kappa shape index (κ2) is 4.01. The molecule has 0 bridgehead atoms. The van der Waals surface area contributed by atoms with E-state index in [2.05, 4.69) is 35.6 Å². The molecule has 2 rings (SSSR count). The lowest BCUT2D eigenvalue weighted by Crippen LogP contribution is -2.03. The highest BCUT2D eigenvalue weighted by Crippen LogP contribution is 2.26. The zero-order valence-corrected chi connectivity index (χ0v) is 10.4. The zero-order chi connectivity index (χ0) is 10.1. The first-order valence-corrected chi connectivity index (χ1v) is 6.09. The van der Waals surface area contributed by atoms with Gasteiger partial charge in [-0.05, 0) is 66.0 Å². The molecule has 74 valence electrons. The standard InChI is InChI=1S/C12H13IO/c1-8-9-4-2-3-5-12(14)10(9)6-7-11(8)13/h6-7H,2-5H2,1H3. The van der Waals surface area contributed by atoms with Crippen molar-refractivity contribution in [3.05, 3.63) is 32.4 Å². The Labute approximate surface area is 98.0 Å². The van der Waals surface area contributed by atoms with Crippen molar-refractivity contribution in [2.24, 2.45) is 0 Å². The van der Waals surface area contributed by atoms with Gasteiger partial charge < -0.3 is 0 Å². The number of hydrogen-bond acceptors (Lipinski definition) is 1. The minimum atomic E-state index is 0.331. The average Bonchev–Trinajstić information content (AvgIpc) is 2.35. The maximum Gasteiger partial charge on any atom is 0.163 e. The van der Waals surface area contributed by atoms with Crippen LogP contribution in [0.1, 0.15) is 40.7 Å². The van der Waals surface area contributed by atoms with Gasteiger partial charge in [0, 0.05) is 15.6 Å². The number of Topliss-reactive ketones (excluding diaryl/α,β-unsaturated/α-hetero) is 1. The summed E-state index contributed by atoms with van der Waals surface area (Å²) in [4.78, 5) is 11.8. The Kier molecular flexibility index (Phi) is 2.91. The Hall–Kier alpha value is -0.380. The normalized spacial score (nSPS) is 16.3. The molecule has 2 heteroatoms. The number of benzene rings is 1. The van der Waals surface area contributed by atoms with E-state index in [0.29, 0.717) is 5.78 Å². The second-order valence-electron chi connectivity index (χ2n) is 3.83. The van der Waals surface area contributed by atoms with Crippen molar-refractivity contribution in [1.29, 1.82) is 0 Å². The van der Waals surface area contributed by atoms with E-state index in [-0.39, 0.29) is 0 Å². The largest absolute Gasteiger partial charge is 0.294 e. The lowest BCUT2D eigenvalue weighted by Gasteiger charge is -2.09. The predicted molar refractivity (Wildman–Crippen MR) is 65.8 cm³/mol. The highest BCUT2D eigenvalue weighted by atomic mass is 127. The van der Waals surface area contributed by atoms with E-state index in [1.54, 1.807) is 0 Å². The fourth-order valence-electron chi connectivity index (χ4n) is 2.03. The minimum Gasteiger partial charge on any atom is -0.294 e. The van der Waals surface area contributed by atoms with Gasteiger partial charge in [0.25, 0.3) is 0 Å². The number of hydrogen-bond donors (Lipinski definition) is 0. The van der Waals surface area contributed by atoms with Gasteiger partial charge in [0.15, 0.2) is 5.78 Å². The van der Waals surface area contributed by atoms with Gasteiger partial charge in [0.1, 0.15) is 0 Å². The molecule has 0 unspecified atom stereocenters. The predicted octanol–water partition coefficient (Wildman–Crippen LogP) is 3.51. The number of rotatable bonds is 0. The van der Waals surface area contributed by atoms with E-state index in [1.165, 1.54) is 14.7 Å². The third-order valence-corrected chi connectivity index (χ3v) is 4.08. The van der Waals surface area contributed by atoms with Crippen LogP contribution in [0.4, 0.5) is 0 Å². The first-order chi connectivity index (χ1) is 6.70. The monoisotopic (exact) mass is 300 g/mol. The minimum absolute atomic E-state index is 0.331. The van der Waals surface area contributed by atoms with Crippen LogP contribution < -0.4 is 0 Å². The van der Waals surface area contributed by atoms with Crippen LogP contribution in [0.15, 0.2) is 12.1 Å². The molecule has 1 aliphatic rings. The highest BCUT2D eigenvalue weighted by molar-refractivity contribution is 14.1. The molecule has 0 atom stereocenters. The summed E-state index contributed by atoms with van der Waals surface area (Å²) < 4.78 is 1.27. The molecule has 0 N–H and O–H groups in total. The van der Waals surface area contributed by atoms with Crippen LogP contribution in [0, 0.1) is 10.5 Å². The molecule has 0 radical (unpaired) electrons. The molecular weight excluding hydrogens is 287 g/mol. The van der Waals surface area contributed by atoms with Crippen LogP contribution in [0.2, 0.25) is 0 Å². The van der Waals surface area contributed by atoms with Crippen LogP contribution in [0.25, 0.3) is 0 Å². The van der Waals surface area contributed by atoms with E-state index >= 15 is 0 Å². The van der Waals surface area contributed by atoms with E-state index in [1.807, 2.05) is 6.07 Å². The molecular formula is C12H13IO. The van der Waals surface area contributed by atoms with Crippen molar-refractivity contribution < 1.29 is 4.79 Å². The van der Waals surface area contributed by atoms with E-state index in [0.717, 1.165) is 31.2 Å². The Morgan fingerprint density at radius 3 is 2.71 bits per heavy atom. The van der Waals surface area contributed by atoms with Gasteiger partial charge in [-0.25, -0.2) is 0 Å². The molecule has 0 spiro atoms. The Morgan fingerprint density at radius 1 is 1.21 bits per heavy atom. The topological polar surface area (TPSA) is 17.1 Å². The third kappa shape index (κ3) is 1.72. The summed E-state index contributed by atoms with van der Waals surface area (Å²) in [6.45, 7) is 2.12. The summed E-state index contributed by atoms with van der Waals surface area (Å²) >= 11 is 2.34. The number of ketones is 1. The zero-order valence-electron chi connectivity index (χ0n) is 8.27. The number of halogens is 1. The van der Waals surface area contributed by atoms with Gasteiger partial charge in [-0.1, -0.05) is 6.07 Å². The molecule has 0 saturated carbocycles. The SMILES string of the molecule is Cc1c(I)ccc2c1CCCCC2=O. The Bertz CT molecular complexity index is 382. The Morgan fingerprint density at radius 2 is 1.93 bits per heavy atom. The van der Waals surface area contributed by atoms with Crippen molar-refractivity contribution in [3.63, 3.8) is 0 Å². The van der Waals surface area contributed by atoms with Crippen molar-refractivity contribution in [1.82, 2.24) is 0 Å². The lowest BCUT2D eigenvalue weighted by atomic mass is 9.97. The van der Waals surface area contributed by atoms with E-state index in [9.17, 15) is 4.79 Å². The van der Waals surface area contributed by atoms with E-state index < -0.39 is 0 Å². The summed E-state index contributed by atoms with van der Waals surface area (Å²) in [5, 5.41) is 0. The van der Waals surface area contributed by atoms with Crippen LogP contribution in [0.3, 0.4) is 0 Å². The van der Waals surface area contributed by atoms with Gasteiger partial charge >= 0.3 is 0 Å². The van der Waals surface area contributed by atoms with Crippen LogP contribution in [-0.4, -0.2) is 5.78 Å². The summed E-state index contributed by atoms with van der Waals surface area (Å²) in [7, 11) is 0. The first kappa shape index (κ1) is 10.1. The third-order valence-electron chi connectivity index (χ3n) is 2.91. The van der Waals surface area contributed by atoms with Crippen molar-refractivity contribution in [2.45, 2.75) is 32.6 Å². The summed E-state index contributed by atoms with van der Waals surface area (Å²) in [5.41, 5.74) is 3.57. The van der Waals surface area contributed by atoms with Gasteiger partial charge in [-0.2, -0.15) is 0 Å². The number of carbonyl (C=O) groups excluding carboxylic acids is 1. The molecule has 1 aromatic rings. The average molecular weight is 300 g/mol. The first-order valence-electron chi connectivity index (χ1n) is 5.01. The molecule has 0 amide bonds. The molecule has 0 heterocycles. The summed E-state index contributed by atoms with van der Waals surface area (Å²) in [6.07, 6.45) is 4.00. The van der Waals surface area contributed by atoms with Gasteiger partial charge in [-0.3, -0.25) is 4.79 Å². The molecule has 14 heavy (non-hydrogen) atoms. The van der Waals surface area contributed by atoms with Gasteiger partial charge in [0.2, 0.25) is 0 Å². The van der Waals surface area contributed by atoms with Crippen molar-refractivity contribution in [2.75, 3.05) is 0 Å². The van der Waals surface area contributed by atoms with Crippen LogP contribution in [-0.2, 0) is 6.42 Å². The van der Waals surface area contributed by atoms with E-state index in [4.69, 9.17) is 0 Å². The van der Waals surface area contributed by atoms with Crippen molar-refractivity contribution >= 4 is 28.4 Å². The molecule has 0 saturated heterocycles. The quantitative estimate of drug-likeness (QED) is 0.529. The second-order valence-corrected chi connectivity index (χ2v) is 4.99. The van der Waals surface area contributed by atoms with Gasteiger partial charge in [0.05, 0.1) is 0 Å². The number of fused-ring (bicyclic) bond motifs is 1. The summed E-state index contributed by atoms with van der Waals surface area (Å²) in [5.74, 6) is 0.331. The molecule has 1 nitrogen and oxygen atoms in total. The highest BCUT2D eigenvalue weighted by Gasteiger charge is 2.17. The van der Waals surface area contributed by atoms with Crippen molar-refractivity contribution in [3.8, 4) is 0 Å². The maximum absolute atomic E-state index is 11.8. The van der Waals surface area contributed by atoms with Crippen LogP contribution in [0.5, 0.6) is 0 Å². The smallest absolute Gasteiger partial charge is 0.163 e. The fourth-order valence-corrected chi connectivity index (χ4v) is 2.54. The Balaban J connectivity index is 2.58. The summed E-state index contributed by atoms with van der Waals surface area (Å²) in [6, 6.07) is 4.05. The van der Waals surface area contributed by atoms with Crippen LogP contribution >= 0.6 is 22.6 Å². The maximum atomic E-state index is 11.8. The molecule has 0 aromatic heterocycles. The number of carbonyl (C=O) groups is 1. The van der Waals surface area contributed by atoms with Gasteiger partial charge in [-0.15, -0.1) is 0 Å². The fraction of sp³-hybridized carbons (Fsp3) is 0.417. The lowest BCUT2D eigenvalue weighted by molar-refractivity contribution is 0.0982.